The Labute approximate surface area is 130 Å². The largest absolute Gasteiger partial charge is 0.467 e. The molecular weight excluding hydrogens is 280 g/mol. The molecule has 0 aromatic carbocycles. The van der Waals surface area contributed by atoms with Crippen molar-refractivity contribution in [2.45, 2.75) is 13.0 Å². The Bertz CT molecular complexity index is 582. The molecule has 0 saturated carbocycles. The number of furan rings is 1. The fourth-order valence-corrected chi connectivity index (χ4v) is 1.96. The maximum atomic E-state index is 12.1. The number of hydrogen-bond donors (Lipinski definition) is 2. The van der Waals surface area contributed by atoms with E-state index in [1.54, 1.807) is 30.7 Å². The van der Waals surface area contributed by atoms with Gasteiger partial charge < -0.3 is 20.0 Å². The van der Waals surface area contributed by atoms with Crippen molar-refractivity contribution in [3.05, 3.63) is 48.0 Å². The minimum Gasteiger partial charge on any atom is -0.467 e. The zero-order chi connectivity index (χ0) is 15.8. The first kappa shape index (κ1) is 16.0. The van der Waals surface area contributed by atoms with Crippen molar-refractivity contribution >= 4 is 11.7 Å². The maximum absolute atomic E-state index is 12.1. The molecule has 2 heterocycles. The lowest BCUT2D eigenvalue weighted by Crippen LogP contribution is -2.22. The lowest BCUT2D eigenvalue weighted by atomic mass is 10.2. The summed E-state index contributed by atoms with van der Waals surface area (Å²) in [6.45, 7) is 2.21. The molecule has 2 N–H and O–H groups in total. The van der Waals surface area contributed by atoms with Gasteiger partial charge in [-0.05, 0) is 51.3 Å². The van der Waals surface area contributed by atoms with Crippen molar-refractivity contribution in [2.75, 3.05) is 32.5 Å². The maximum Gasteiger partial charge on any atom is 0.251 e. The molecule has 2 rings (SSSR count). The molecule has 0 saturated heterocycles. The average molecular weight is 302 g/mol. The highest BCUT2D eigenvalue weighted by Crippen LogP contribution is 2.07. The number of aromatic nitrogens is 1. The van der Waals surface area contributed by atoms with Crippen LogP contribution in [0.5, 0.6) is 0 Å². The smallest absolute Gasteiger partial charge is 0.251 e. The summed E-state index contributed by atoms with van der Waals surface area (Å²) in [7, 11) is 4.09. The average Bonchev–Trinajstić information content (AvgIpc) is 3.03. The Hall–Kier alpha value is -2.34. The van der Waals surface area contributed by atoms with Crippen LogP contribution in [0.4, 0.5) is 5.82 Å². The van der Waals surface area contributed by atoms with E-state index in [-0.39, 0.29) is 5.91 Å². The molecule has 0 atom stereocenters. The van der Waals surface area contributed by atoms with Crippen LogP contribution in [0.1, 0.15) is 22.5 Å². The van der Waals surface area contributed by atoms with E-state index in [1.165, 1.54) is 0 Å². The summed E-state index contributed by atoms with van der Waals surface area (Å²) in [5.74, 6) is 1.30. The molecule has 0 aliphatic rings. The predicted octanol–water partition coefficient (Wildman–Crippen LogP) is 1.97. The second kappa shape index (κ2) is 8.19. The van der Waals surface area contributed by atoms with E-state index in [9.17, 15) is 4.79 Å². The van der Waals surface area contributed by atoms with Gasteiger partial charge in [0, 0.05) is 18.3 Å². The van der Waals surface area contributed by atoms with Gasteiger partial charge in [-0.2, -0.15) is 0 Å². The van der Waals surface area contributed by atoms with Crippen LogP contribution in [0.15, 0.2) is 41.1 Å². The number of carbonyl (C=O) groups is 1. The van der Waals surface area contributed by atoms with E-state index in [1.807, 2.05) is 20.2 Å². The van der Waals surface area contributed by atoms with Gasteiger partial charge >= 0.3 is 0 Å². The molecule has 0 radical (unpaired) electrons. The van der Waals surface area contributed by atoms with Gasteiger partial charge in [0.25, 0.3) is 5.91 Å². The van der Waals surface area contributed by atoms with E-state index >= 15 is 0 Å². The fraction of sp³-hybridized carbons (Fsp3) is 0.375. The van der Waals surface area contributed by atoms with E-state index < -0.39 is 0 Å². The van der Waals surface area contributed by atoms with Gasteiger partial charge in [-0.25, -0.2) is 4.98 Å². The first-order valence-corrected chi connectivity index (χ1v) is 7.30. The molecule has 0 bridgehead atoms. The van der Waals surface area contributed by atoms with E-state index in [2.05, 4.69) is 20.5 Å². The Kier molecular flexibility index (Phi) is 5.97. The SMILES string of the molecule is CN(C)CCCNc1cc(C(=O)NCc2ccco2)ccn1. The highest BCUT2D eigenvalue weighted by Gasteiger charge is 2.07. The summed E-state index contributed by atoms with van der Waals surface area (Å²) in [5, 5.41) is 6.04. The Balaban J connectivity index is 1.83. The minimum absolute atomic E-state index is 0.143. The van der Waals surface area contributed by atoms with Gasteiger partial charge in [0.2, 0.25) is 0 Å². The summed E-state index contributed by atoms with van der Waals surface area (Å²) >= 11 is 0. The van der Waals surface area contributed by atoms with Gasteiger partial charge in [0.15, 0.2) is 0 Å². The Morgan fingerprint density at radius 1 is 1.36 bits per heavy atom. The van der Waals surface area contributed by atoms with E-state index in [0.29, 0.717) is 17.9 Å². The Morgan fingerprint density at radius 3 is 2.95 bits per heavy atom. The highest BCUT2D eigenvalue weighted by atomic mass is 16.3. The molecule has 0 spiro atoms. The lowest BCUT2D eigenvalue weighted by molar-refractivity contribution is 0.0948. The molecule has 0 unspecified atom stereocenters. The third-order valence-corrected chi connectivity index (χ3v) is 3.11. The number of pyridine rings is 1. The van der Waals surface area contributed by atoms with Crippen LogP contribution in [-0.4, -0.2) is 43.0 Å². The van der Waals surface area contributed by atoms with Crippen molar-refractivity contribution in [3.8, 4) is 0 Å². The number of amides is 1. The summed E-state index contributed by atoms with van der Waals surface area (Å²) in [6.07, 6.45) is 4.24. The normalized spacial score (nSPS) is 10.7. The van der Waals surface area contributed by atoms with Crippen LogP contribution in [0.3, 0.4) is 0 Å². The quantitative estimate of drug-likeness (QED) is 0.730. The van der Waals surface area contributed by atoms with Crippen molar-refractivity contribution < 1.29 is 9.21 Å². The molecular formula is C16H22N4O2. The molecule has 2 aromatic rings. The lowest BCUT2D eigenvalue weighted by Gasteiger charge is -2.10. The standard InChI is InChI=1S/C16H22N4O2/c1-20(2)9-4-7-17-15-11-13(6-8-18-15)16(21)19-12-14-5-3-10-22-14/h3,5-6,8,10-11H,4,7,9,12H2,1-2H3,(H,17,18)(H,19,21). The fourth-order valence-electron chi connectivity index (χ4n) is 1.96. The number of nitrogens with one attached hydrogen (secondary N) is 2. The molecule has 0 aliphatic carbocycles. The van der Waals surface area contributed by atoms with Crippen LogP contribution in [-0.2, 0) is 6.54 Å². The summed E-state index contributed by atoms with van der Waals surface area (Å²) in [5.41, 5.74) is 0.580. The van der Waals surface area contributed by atoms with Crippen LogP contribution in [0.25, 0.3) is 0 Å². The third kappa shape index (κ3) is 5.21. The molecule has 1 amide bonds. The second-order valence-corrected chi connectivity index (χ2v) is 5.28. The van der Waals surface area contributed by atoms with Crippen molar-refractivity contribution in [1.82, 2.24) is 15.2 Å². The van der Waals surface area contributed by atoms with Gasteiger partial charge in [-0.3, -0.25) is 4.79 Å². The summed E-state index contributed by atoms with van der Waals surface area (Å²) in [6, 6.07) is 7.07. The molecule has 118 valence electrons. The second-order valence-electron chi connectivity index (χ2n) is 5.28. The van der Waals surface area contributed by atoms with Crippen LogP contribution >= 0.6 is 0 Å². The predicted molar refractivity (Wildman–Crippen MR) is 85.8 cm³/mol. The molecule has 6 nitrogen and oxygen atoms in total. The van der Waals surface area contributed by atoms with Crippen LogP contribution < -0.4 is 10.6 Å². The molecule has 2 aromatic heterocycles. The third-order valence-electron chi connectivity index (χ3n) is 3.11. The van der Waals surface area contributed by atoms with Crippen molar-refractivity contribution in [1.29, 1.82) is 0 Å². The van der Waals surface area contributed by atoms with Crippen molar-refractivity contribution in [2.24, 2.45) is 0 Å². The van der Waals surface area contributed by atoms with Crippen LogP contribution in [0, 0.1) is 0 Å². The Morgan fingerprint density at radius 2 is 2.23 bits per heavy atom. The highest BCUT2D eigenvalue weighted by molar-refractivity contribution is 5.94. The molecule has 6 heteroatoms. The summed E-state index contributed by atoms with van der Waals surface area (Å²) in [4.78, 5) is 18.5. The number of anilines is 1. The number of hydrogen-bond acceptors (Lipinski definition) is 5. The first-order chi connectivity index (χ1) is 10.6. The van der Waals surface area contributed by atoms with E-state index in [4.69, 9.17) is 4.42 Å². The van der Waals surface area contributed by atoms with Gasteiger partial charge in [-0.15, -0.1) is 0 Å². The number of rotatable bonds is 8. The van der Waals surface area contributed by atoms with Crippen LogP contribution in [0.2, 0.25) is 0 Å². The monoisotopic (exact) mass is 302 g/mol. The van der Waals surface area contributed by atoms with Gasteiger partial charge in [0.1, 0.15) is 11.6 Å². The topological polar surface area (TPSA) is 70.4 Å². The molecule has 0 fully saturated rings. The minimum atomic E-state index is -0.143. The molecule has 0 aliphatic heterocycles. The van der Waals surface area contributed by atoms with E-state index in [0.717, 1.165) is 25.3 Å². The molecule has 22 heavy (non-hydrogen) atoms. The zero-order valence-corrected chi connectivity index (χ0v) is 13.0. The first-order valence-electron chi connectivity index (χ1n) is 7.30. The summed E-state index contributed by atoms with van der Waals surface area (Å²) < 4.78 is 5.18. The van der Waals surface area contributed by atoms with Gasteiger partial charge in [-0.1, -0.05) is 0 Å². The number of carbonyl (C=O) groups excluding carboxylic acids is 1. The van der Waals surface area contributed by atoms with Crippen molar-refractivity contribution in [3.63, 3.8) is 0 Å². The zero-order valence-electron chi connectivity index (χ0n) is 13.0. The van der Waals surface area contributed by atoms with Gasteiger partial charge in [0.05, 0.1) is 12.8 Å². The number of nitrogens with zero attached hydrogens (tertiary/aromatic N) is 2.